The molecule has 1 atom stereocenters. The predicted molar refractivity (Wildman–Crippen MR) is 37.9 cm³/mol. The Morgan fingerprint density at radius 1 is 1.73 bits per heavy atom. The Labute approximate surface area is 64.8 Å². The number of carbonyl (C=O) groups is 2. The largest absolute Gasteiger partial charge is 0.394 e. The van der Waals surface area contributed by atoms with Crippen LogP contribution in [0.25, 0.3) is 0 Å². The topological polar surface area (TPSA) is 57.6 Å². The molecule has 0 spiro atoms. The van der Waals surface area contributed by atoms with Crippen molar-refractivity contribution in [3.8, 4) is 0 Å². The molecule has 1 unspecified atom stereocenters. The molecule has 0 aliphatic carbocycles. The van der Waals surface area contributed by atoms with E-state index < -0.39 is 0 Å². The van der Waals surface area contributed by atoms with Crippen LogP contribution in [0.5, 0.6) is 0 Å². The maximum Gasteiger partial charge on any atom is 0.223 e. The van der Waals surface area contributed by atoms with Gasteiger partial charge in [-0.05, 0) is 6.42 Å². The minimum atomic E-state index is -0.132. The highest BCUT2D eigenvalue weighted by molar-refractivity contribution is 5.80. The summed E-state index contributed by atoms with van der Waals surface area (Å²) >= 11 is 0. The van der Waals surface area contributed by atoms with Crippen molar-refractivity contribution >= 4 is 12.2 Å². The van der Waals surface area contributed by atoms with Gasteiger partial charge in [-0.1, -0.05) is 0 Å². The maximum absolute atomic E-state index is 11.0. The van der Waals surface area contributed by atoms with E-state index >= 15 is 0 Å². The van der Waals surface area contributed by atoms with Gasteiger partial charge in [0.25, 0.3) is 0 Å². The molecular weight excluding hydrogens is 146 g/mol. The number of likely N-dealkylation sites (tertiary alicyclic amines) is 1. The van der Waals surface area contributed by atoms with Crippen LogP contribution < -0.4 is 0 Å². The van der Waals surface area contributed by atoms with Crippen LogP contribution in [0.1, 0.15) is 12.8 Å². The van der Waals surface area contributed by atoms with Crippen LogP contribution in [0.3, 0.4) is 0 Å². The van der Waals surface area contributed by atoms with Crippen LogP contribution in [-0.4, -0.2) is 41.4 Å². The van der Waals surface area contributed by atoms with Crippen LogP contribution >= 0.6 is 0 Å². The van der Waals surface area contributed by atoms with Gasteiger partial charge < -0.3 is 14.8 Å². The van der Waals surface area contributed by atoms with E-state index in [9.17, 15) is 9.59 Å². The average Bonchev–Trinajstić information content (AvgIpc) is 2.34. The van der Waals surface area contributed by atoms with Crippen molar-refractivity contribution in [1.29, 1.82) is 0 Å². The molecule has 1 amide bonds. The molecule has 1 rings (SSSR count). The molecule has 4 heteroatoms. The summed E-state index contributed by atoms with van der Waals surface area (Å²) in [6.07, 6.45) is 1.81. The molecule has 0 saturated carbocycles. The lowest BCUT2D eigenvalue weighted by Crippen LogP contribution is -2.36. The third-order valence-electron chi connectivity index (χ3n) is 1.93. The van der Waals surface area contributed by atoms with Crippen LogP contribution in [0.15, 0.2) is 0 Å². The molecule has 11 heavy (non-hydrogen) atoms. The van der Waals surface area contributed by atoms with Crippen molar-refractivity contribution < 1.29 is 14.7 Å². The normalized spacial score (nSPS) is 24.3. The van der Waals surface area contributed by atoms with Crippen molar-refractivity contribution in [2.75, 3.05) is 13.2 Å². The molecule has 0 aromatic carbocycles. The van der Waals surface area contributed by atoms with Gasteiger partial charge in [0.15, 0.2) is 0 Å². The van der Waals surface area contributed by atoms with Crippen molar-refractivity contribution in [1.82, 2.24) is 4.90 Å². The van der Waals surface area contributed by atoms with Crippen molar-refractivity contribution in [3.05, 3.63) is 0 Å². The molecule has 0 bridgehead atoms. The van der Waals surface area contributed by atoms with Crippen molar-refractivity contribution in [2.45, 2.75) is 18.9 Å². The summed E-state index contributed by atoms with van der Waals surface area (Å²) in [5.74, 6) is -0.0313. The number of amides is 1. The lowest BCUT2D eigenvalue weighted by molar-refractivity contribution is -0.131. The summed E-state index contributed by atoms with van der Waals surface area (Å²) in [6.45, 7) is 0.0731. The second-order valence-corrected chi connectivity index (χ2v) is 2.59. The first kappa shape index (κ1) is 8.20. The zero-order chi connectivity index (χ0) is 8.27. The molecule has 1 heterocycles. The molecule has 1 aliphatic heterocycles. The highest BCUT2D eigenvalue weighted by atomic mass is 16.3. The Morgan fingerprint density at radius 2 is 2.45 bits per heavy atom. The molecular formula is C7H11NO3. The maximum atomic E-state index is 11.0. The van der Waals surface area contributed by atoms with Crippen LogP contribution in [0, 0.1) is 0 Å². The van der Waals surface area contributed by atoms with Gasteiger partial charge in [0, 0.05) is 6.42 Å². The second kappa shape index (κ2) is 3.48. The summed E-state index contributed by atoms with van der Waals surface area (Å²) in [4.78, 5) is 22.5. The van der Waals surface area contributed by atoms with E-state index in [2.05, 4.69) is 0 Å². The zero-order valence-corrected chi connectivity index (χ0v) is 6.19. The molecule has 0 radical (unpaired) electrons. The number of nitrogens with zero attached hydrogens (tertiary/aromatic N) is 1. The molecule has 62 valence electrons. The quantitative estimate of drug-likeness (QED) is 0.544. The predicted octanol–water partition coefficient (Wildman–Crippen LogP) is -0.831. The molecule has 4 nitrogen and oxygen atoms in total. The summed E-state index contributed by atoms with van der Waals surface area (Å²) < 4.78 is 0. The first-order valence-electron chi connectivity index (χ1n) is 3.63. The van der Waals surface area contributed by atoms with Gasteiger partial charge in [0.2, 0.25) is 5.91 Å². The first-order chi connectivity index (χ1) is 5.29. The molecule has 1 saturated heterocycles. The summed E-state index contributed by atoms with van der Waals surface area (Å²) in [6, 6.07) is -0.132. The first-order valence-corrected chi connectivity index (χ1v) is 3.63. The number of aliphatic hydroxyl groups excluding tert-OH is 1. The van der Waals surface area contributed by atoms with E-state index in [1.165, 1.54) is 4.90 Å². The summed E-state index contributed by atoms with van der Waals surface area (Å²) in [7, 11) is 0. The fourth-order valence-corrected chi connectivity index (χ4v) is 1.31. The SMILES string of the molecule is O=CCN1C(=O)CCC1CO. The molecule has 1 N–H and O–H groups in total. The van der Waals surface area contributed by atoms with E-state index in [1.807, 2.05) is 0 Å². The van der Waals surface area contributed by atoms with E-state index in [0.717, 1.165) is 0 Å². The number of hydrogen-bond donors (Lipinski definition) is 1. The van der Waals surface area contributed by atoms with Crippen molar-refractivity contribution in [2.24, 2.45) is 0 Å². The van der Waals surface area contributed by atoms with E-state index in [4.69, 9.17) is 5.11 Å². The van der Waals surface area contributed by atoms with Crippen LogP contribution in [0.4, 0.5) is 0 Å². The third-order valence-corrected chi connectivity index (χ3v) is 1.93. The third kappa shape index (κ3) is 1.57. The highest BCUT2D eigenvalue weighted by Gasteiger charge is 2.29. The Morgan fingerprint density at radius 3 is 3.00 bits per heavy atom. The van der Waals surface area contributed by atoms with Gasteiger partial charge >= 0.3 is 0 Å². The van der Waals surface area contributed by atoms with E-state index in [-0.39, 0.29) is 25.1 Å². The van der Waals surface area contributed by atoms with Gasteiger partial charge in [-0.25, -0.2) is 0 Å². The fourth-order valence-electron chi connectivity index (χ4n) is 1.31. The monoisotopic (exact) mass is 157 g/mol. The minimum Gasteiger partial charge on any atom is -0.394 e. The highest BCUT2D eigenvalue weighted by Crippen LogP contribution is 2.16. The van der Waals surface area contributed by atoms with Crippen LogP contribution in [-0.2, 0) is 9.59 Å². The second-order valence-electron chi connectivity index (χ2n) is 2.59. The lowest BCUT2D eigenvalue weighted by Gasteiger charge is -2.19. The molecule has 1 fully saturated rings. The number of carbonyl (C=O) groups excluding carboxylic acids is 2. The molecule has 0 aromatic rings. The Bertz CT molecular complexity index is 169. The number of aldehydes is 1. The summed E-state index contributed by atoms with van der Waals surface area (Å²) in [5, 5.41) is 8.77. The van der Waals surface area contributed by atoms with E-state index in [0.29, 0.717) is 19.1 Å². The number of hydrogen-bond acceptors (Lipinski definition) is 3. The van der Waals surface area contributed by atoms with Gasteiger partial charge in [0.05, 0.1) is 19.2 Å². The number of aliphatic hydroxyl groups is 1. The molecule has 0 aromatic heterocycles. The van der Waals surface area contributed by atoms with E-state index in [1.54, 1.807) is 0 Å². The smallest absolute Gasteiger partial charge is 0.223 e. The fraction of sp³-hybridized carbons (Fsp3) is 0.714. The van der Waals surface area contributed by atoms with Gasteiger partial charge in [0.1, 0.15) is 6.29 Å². The van der Waals surface area contributed by atoms with Gasteiger partial charge in [-0.3, -0.25) is 4.79 Å². The minimum absolute atomic E-state index is 0.0313. The standard InChI is InChI=1S/C7H11NO3/c9-4-3-8-6(5-10)1-2-7(8)11/h4,6,10H,1-3,5H2. The Balaban J connectivity index is 2.55. The Kier molecular flexibility index (Phi) is 2.59. The van der Waals surface area contributed by atoms with Crippen LogP contribution in [0.2, 0.25) is 0 Å². The average molecular weight is 157 g/mol. The lowest BCUT2D eigenvalue weighted by atomic mass is 10.2. The van der Waals surface area contributed by atoms with Gasteiger partial charge in [-0.15, -0.1) is 0 Å². The molecule has 1 aliphatic rings. The Hall–Kier alpha value is -0.900. The number of rotatable bonds is 3. The summed E-state index contributed by atoms with van der Waals surface area (Å²) in [5.41, 5.74) is 0. The zero-order valence-electron chi connectivity index (χ0n) is 6.19. The van der Waals surface area contributed by atoms with Gasteiger partial charge in [-0.2, -0.15) is 0 Å². The van der Waals surface area contributed by atoms with Crippen molar-refractivity contribution in [3.63, 3.8) is 0 Å².